The number of nitrogens with zero attached hydrogens (tertiary/aromatic N) is 1. The first-order valence-electron chi connectivity index (χ1n) is 7.62. The number of rotatable bonds is 7. The van der Waals surface area contributed by atoms with Crippen LogP contribution in [0.3, 0.4) is 0 Å². The monoisotopic (exact) mass is 386 g/mol. The fourth-order valence-electron chi connectivity index (χ4n) is 2.28. The summed E-state index contributed by atoms with van der Waals surface area (Å²) in [6.07, 6.45) is 0.558. The van der Waals surface area contributed by atoms with Gasteiger partial charge in [0.25, 0.3) is 0 Å². The van der Waals surface area contributed by atoms with Gasteiger partial charge in [0.1, 0.15) is 0 Å². The summed E-state index contributed by atoms with van der Waals surface area (Å²) in [4.78, 5) is 15.3. The molecule has 1 amide bonds. The van der Waals surface area contributed by atoms with Crippen LogP contribution in [0.2, 0.25) is 0 Å². The van der Waals surface area contributed by atoms with Crippen LogP contribution in [0, 0.1) is 0 Å². The highest BCUT2D eigenvalue weighted by Crippen LogP contribution is 2.20. The lowest BCUT2D eigenvalue weighted by Gasteiger charge is -2.28. The van der Waals surface area contributed by atoms with Gasteiger partial charge in [-0.1, -0.05) is 15.9 Å². The normalized spacial score (nSPS) is 16.5. The standard InChI is InChI=1S/C16H23BrN2O2S/c1-13(12-16(20)19-7-9-21-10-8-19)18-6-11-22-15-4-2-14(17)3-5-15/h2-5,13,18H,6-12H2,1H3. The maximum absolute atomic E-state index is 12.1. The Hall–Kier alpha value is -0.560. The van der Waals surface area contributed by atoms with Crippen LogP contribution in [0.5, 0.6) is 0 Å². The van der Waals surface area contributed by atoms with E-state index in [1.165, 1.54) is 4.90 Å². The summed E-state index contributed by atoms with van der Waals surface area (Å²) in [7, 11) is 0. The largest absolute Gasteiger partial charge is 0.378 e. The van der Waals surface area contributed by atoms with Gasteiger partial charge in [0.15, 0.2) is 0 Å². The molecule has 22 heavy (non-hydrogen) atoms. The lowest BCUT2D eigenvalue weighted by molar-refractivity contribution is -0.135. The molecule has 6 heteroatoms. The maximum atomic E-state index is 12.1. The number of ether oxygens (including phenoxy) is 1. The number of hydrogen-bond donors (Lipinski definition) is 1. The number of halogens is 1. The lowest BCUT2D eigenvalue weighted by atomic mass is 10.2. The zero-order valence-corrected chi connectivity index (χ0v) is 15.3. The van der Waals surface area contributed by atoms with Crippen LogP contribution in [-0.2, 0) is 9.53 Å². The highest BCUT2D eigenvalue weighted by Gasteiger charge is 2.18. The molecule has 1 N–H and O–H groups in total. The predicted molar refractivity (Wildman–Crippen MR) is 94.3 cm³/mol. The van der Waals surface area contributed by atoms with E-state index in [2.05, 4.69) is 52.4 Å². The maximum Gasteiger partial charge on any atom is 0.224 e. The summed E-state index contributed by atoms with van der Waals surface area (Å²) in [6.45, 7) is 5.76. The van der Waals surface area contributed by atoms with Crippen LogP contribution < -0.4 is 5.32 Å². The van der Waals surface area contributed by atoms with Crippen LogP contribution in [0.4, 0.5) is 0 Å². The average molecular weight is 387 g/mol. The van der Waals surface area contributed by atoms with Crippen molar-refractivity contribution >= 4 is 33.6 Å². The van der Waals surface area contributed by atoms with E-state index in [4.69, 9.17) is 4.74 Å². The van der Waals surface area contributed by atoms with Crippen molar-refractivity contribution in [2.24, 2.45) is 0 Å². The van der Waals surface area contributed by atoms with Gasteiger partial charge in [0.05, 0.1) is 13.2 Å². The first-order chi connectivity index (χ1) is 10.6. The Bertz CT molecular complexity index is 464. The Balaban J connectivity index is 1.59. The second kappa shape index (κ2) is 9.55. The topological polar surface area (TPSA) is 41.6 Å². The molecule has 0 spiro atoms. The third-order valence-corrected chi connectivity index (χ3v) is 5.06. The molecule has 1 heterocycles. The van der Waals surface area contributed by atoms with Crippen molar-refractivity contribution in [3.8, 4) is 0 Å². The number of thioether (sulfide) groups is 1. The molecule has 2 rings (SSSR count). The van der Waals surface area contributed by atoms with Crippen molar-refractivity contribution in [3.63, 3.8) is 0 Å². The van der Waals surface area contributed by atoms with Gasteiger partial charge in [-0.05, 0) is 31.2 Å². The van der Waals surface area contributed by atoms with Crippen molar-refractivity contribution in [2.45, 2.75) is 24.3 Å². The summed E-state index contributed by atoms with van der Waals surface area (Å²) in [5.74, 6) is 1.22. The van der Waals surface area contributed by atoms with Crippen molar-refractivity contribution < 1.29 is 9.53 Å². The summed E-state index contributed by atoms with van der Waals surface area (Å²) in [5.41, 5.74) is 0. The van der Waals surface area contributed by atoms with Crippen molar-refractivity contribution in [2.75, 3.05) is 38.6 Å². The van der Waals surface area contributed by atoms with Gasteiger partial charge in [-0.15, -0.1) is 11.8 Å². The molecule has 4 nitrogen and oxygen atoms in total. The summed E-state index contributed by atoms with van der Waals surface area (Å²) in [5, 5.41) is 3.43. The molecule has 0 radical (unpaired) electrons. The van der Waals surface area contributed by atoms with Gasteiger partial charge in [-0.25, -0.2) is 0 Å². The molecular formula is C16H23BrN2O2S. The van der Waals surface area contributed by atoms with Crippen LogP contribution >= 0.6 is 27.7 Å². The van der Waals surface area contributed by atoms with E-state index in [1.54, 1.807) is 0 Å². The van der Waals surface area contributed by atoms with Crippen molar-refractivity contribution in [1.29, 1.82) is 0 Å². The zero-order chi connectivity index (χ0) is 15.8. The van der Waals surface area contributed by atoms with E-state index >= 15 is 0 Å². The van der Waals surface area contributed by atoms with Gasteiger partial charge in [-0.2, -0.15) is 0 Å². The van der Waals surface area contributed by atoms with E-state index in [0.29, 0.717) is 19.6 Å². The van der Waals surface area contributed by atoms with Gasteiger partial charge >= 0.3 is 0 Å². The van der Waals surface area contributed by atoms with Crippen LogP contribution in [-0.4, -0.2) is 55.4 Å². The third-order valence-electron chi connectivity index (χ3n) is 3.52. The first-order valence-corrected chi connectivity index (χ1v) is 9.40. The Morgan fingerprint density at radius 3 is 2.73 bits per heavy atom. The lowest BCUT2D eigenvalue weighted by Crippen LogP contribution is -2.43. The molecule has 0 aromatic heterocycles. The van der Waals surface area contributed by atoms with Gasteiger partial charge < -0.3 is 15.0 Å². The highest BCUT2D eigenvalue weighted by atomic mass is 79.9. The molecule has 1 saturated heterocycles. The molecule has 1 unspecified atom stereocenters. The molecule has 0 aliphatic carbocycles. The quantitative estimate of drug-likeness (QED) is 0.577. The fourth-order valence-corrected chi connectivity index (χ4v) is 3.33. The van der Waals surface area contributed by atoms with Crippen molar-refractivity contribution in [3.05, 3.63) is 28.7 Å². The molecule has 0 saturated carbocycles. The van der Waals surface area contributed by atoms with E-state index < -0.39 is 0 Å². The predicted octanol–water partition coefficient (Wildman–Crippen LogP) is 2.77. The molecule has 1 aliphatic heterocycles. The Labute approximate surface area is 145 Å². The van der Waals surface area contributed by atoms with Gasteiger partial charge in [-0.3, -0.25) is 4.79 Å². The highest BCUT2D eigenvalue weighted by molar-refractivity contribution is 9.10. The van der Waals surface area contributed by atoms with E-state index in [0.717, 1.165) is 29.9 Å². The minimum absolute atomic E-state index is 0.209. The number of hydrogen-bond acceptors (Lipinski definition) is 4. The number of carbonyl (C=O) groups is 1. The number of nitrogens with one attached hydrogen (secondary N) is 1. The van der Waals surface area contributed by atoms with Crippen molar-refractivity contribution in [1.82, 2.24) is 10.2 Å². The summed E-state index contributed by atoms with van der Waals surface area (Å²) < 4.78 is 6.37. The number of amides is 1. The Morgan fingerprint density at radius 1 is 1.36 bits per heavy atom. The van der Waals surface area contributed by atoms with E-state index in [9.17, 15) is 4.79 Å². The summed E-state index contributed by atoms with van der Waals surface area (Å²) in [6, 6.07) is 8.54. The molecule has 1 atom stereocenters. The number of benzene rings is 1. The van der Waals surface area contributed by atoms with Gasteiger partial charge in [0, 0.05) is 47.2 Å². The smallest absolute Gasteiger partial charge is 0.224 e. The molecule has 122 valence electrons. The van der Waals surface area contributed by atoms with E-state index in [-0.39, 0.29) is 11.9 Å². The molecule has 1 aromatic rings. The molecule has 1 aliphatic rings. The number of morpholine rings is 1. The van der Waals surface area contributed by atoms with Crippen LogP contribution in [0.15, 0.2) is 33.6 Å². The minimum atomic E-state index is 0.209. The average Bonchev–Trinajstić information content (AvgIpc) is 2.54. The van der Waals surface area contributed by atoms with Crippen LogP contribution in [0.1, 0.15) is 13.3 Å². The number of carbonyl (C=O) groups excluding carboxylic acids is 1. The van der Waals surface area contributed by atoms with E-state index in [1.807, 2.05) is 16.7 Å². The summed E-state index contributed by atoms with van der Waals surface area (Å²) >= 11 is 5.26. The first kappa shape index (κ1) is 17.8. The second-order valence-corrected chi connectivity index (χ2v) is 7.44. The fraction of sp³-hybridized carbons (Fsp3) is 0.562. The molecule has 0 bridgehead atoms. The molecular weight excluding hydrogens is 364 g/mol. The second-order valence-electron chi connectivity index (χ2n) is 5.35. The molecule has 1 fully saturated rings. The Morgan fingerprint density at radius 2 is 2.05 bits per heavy atom. The Kier molecular flexibility index (Phi) is 7.72. The molecule has 1 aromatic carbocycles. The SMILES string of the molecule is CC(CC(=O)N1CCOCC1)NCCSc1ccc(Br)cc1. The van der Waals surface area contributed by atoms with Gasteiger partial charge in [0.2, 0.25) is 5.91 Å². The third kappa shape index (κ3) is 6.28. The van der Waals surface area contributed by atoms with Crippen LogP contribution in [0.25, 0.3) is 0 Å². The minimum Gasteiger partial charge on any atom is -0.378 e. The zero-order valence-electron chi connectivity index (χ0n) is 12.9.